The Bertz CT molecular complexity index is 999. The second-order valence-electron chi connectivity index (χ2n) is 6.84. The predicted molar refractivity (Wildman–Crippen MR) is 126 cm³/mol. The van der Waals surface area contributed by atoms with Gasteiger partial charge in [0.05, 0.1) is 10.8 Å². The van der Waals surface area contributed by atoms with Gasteiger partial charge in [-0.1, -0.05) is 12.1 Å². The lowest BCUT2D eigenvalue weighted by Crippen LogP contribution is -2.20. The van der Waals surface area contributed by atoms with Gasteiger partial charge in [0.2, 0.25) is 0 Å². The predicted octanol–water partition coefficient (Wildman–Crippen LogP) is 5.42. The largest absolute Gasteiger partial charge is 0.484 e. The summed E-state index contributed by atoms with van der Waals surface area (Å²) in [6.07, 6.45) is 2.71. The molecule has 0 atom stereocenters. The molecular weight excluding hydrogens is 432 g/mol. The van der Waals surface area contributed by atoms with Crippen molar-refractivity contribution >= 4 is 46.7 Å². The third-order valence-electron chi connectivity index (χ3n) is 4.52. The van der Waals surface area contributed by atoms with E-state index in [9.17, 15) is 9.59 Å². The number of rotatable bonds is 7. The van der Waals surface area contributed by atoms with Gasteiger partial charge in [-0.2, -0.15) is 0 Å². The van der Waals surface area contributed by atoms with E-state index < -0.39 is 0 Å². The van der Waals surface area contributed by atoms with Crippen molar-refractivity contribution in [2.75, 3.05) is 28.7 Å². The van der Waals surface area contributed by atoms with Gasteiger partial charge in [0, 0.05) is 11.4 Å². The van der Waals surface area contributed by atoms with Crippen molar-refractivity contribution < 1.29 is 18.7 Å². The first-order valence-corrected chi connectivity index (χ1v) is 12.0. The van der Waals surface area contributed by atoms with Crippen LogP contribution in [0.4, 0.5) is 11.4 Å². The molecule has 0 aliphatic carbocycles. The van der Waals surface area contributed by atoms with Gasteiger partial charge in [-0.25, -0.2) is 0 Å². The Morgan fingerprint density at radius 1 is 0.935 bits per heavy atom. The van der Waals surface area contributed by atoms with Gasteiger partial charge in [-0.05, 0) is 72.0 Å². The molecule has 2 N–H and O–H groups in total. The monoisotopic (exact) mass is 454 g/mol. The fraction of sp³-hybridized carbons (Fsp3) is 0.217. The molecule has 1 fully saturated rings. The van der Waals surface area contributed by atoms with E-state index in [0.29, 0.717) is 21.7 Å². The average Bonchev–Trinajstić information content (AvgIpc) is 3.35. The molecule has 2 aromatic carbocycles. The zero-order valence-electron chi connectivity index (χ0n) is 16.7. The molecule has 3 aromatic rings. The highest BCUT2D eigenvalue weighted by molar-refractivity contribution is 8.16. The number of hydrogen-bond acceptors (Lipinski definition) is 6. The van der Waals surface area contributed by atoms with Gasteiger partial charge in [0.25, 0.3) is 11.8 Å². The second-order valence-corrected chi connectivity index (χ2v) is 9.57. The van der Waals surface area contributed by atoms with Crippen molar-refractivity contribution in [1.82, 2.24) is 0 Å². The van der Waals surface area contributed by atoms with Gasteiger partial charge in [0.15, 0.2) is 12.4 Å². The number of ether oxygens (including phenoxy) is 1. The highest BCUT2D eigenvalue weighted by Crippen LogP contribution is 2.43. The van der Waals surface area contributed by atoms with Crippen LogP contribution in [0.3, 0.4) is 0 Å². The van der Waals surface area contributed by atoms with Crippen molar-refractivity contribution in [1.29, 1.82) is 0 Å². The number of benzene rings is 2. The summed E-state index contributed by atoms with van der Waals surface area (Å²) in [6.45, 7) is -0.0801. The van der Waals surface area contributed by atoms with Crippen LogP contribution >= 0.6 is 23.5 Å². The minimum absolute atomic E-state index is 0.0801. The van der Waals surface area contributed by atoms with Crippen LogP contribution in [0.25, 0.3) is 0 Å². The Labute approximate surface area is 189 Å². The number of hydrogen-bond donors (Lipinski definition) is 2. The molecule has 0 bridgehead atoms. The number of amides is 2. The molecule has 6 nitrogen and oxygen atoms in total. The maximum atomic E-state index is 12.2. The summed E-state index contributed by atoms with van der Waals surface area (Å²) in [7, 11) is 0. The SMILES string of the molecule is O=C(COc1ccc(C2SCCCS2)cc1)Nc1ccc(NC(=O)c2ccco2)cc1. The Morgan fingerprint density at radius 3 is 2.26 bits per heavy atom. The summed E-state index contributed by atoms with van der Waals surface area (Å²) >= 11 is 3.95. The Morgan fingerprint density at radius 2 is 1.61 bits per heavy atom. The molecule has 2 heterocycles. The van der Waals surface area contributed by atoms with E-state index in [1.54, 1.807) is 36.4 Å². The molecule has 1 aliphatic heterocycles. The number of thioether (sulfide) groups is 2. The normalized spacial score (nSPS) is 14.1. The molecule has 160 valence electrons. The molecule has 31 heavy (non-hydrogen) atoms. The second kappa shape index (κ2) is 10.5. The Hall–Kier alpha value is -2.84. The molecule has 8 heteroatoms. The highest BCUT2D eigenvalue weighted by atomic mass is 32.2. The maximum Gasteiger partial charge on any atom is 0.291 e. The lowest BCUT2D eigenvalue weighted by atomic mass is 10.2. The molecular formula is C23H22N2O4S2. The van der Waals surface area contributed by atoms with Crippen molar-refractivity contribution in [3.63, 3.8) is 0 Å². The smallest absolute Gasteiger partial charge is 0.291 e. The fourth-order valence-electron chi connectivity index (χ4n) is 2.98. The van der Waals surface area contributed by atoms with Crippen LogP contribution in [0.2, 0.25) is 0 Å². The number of anilines is 2. The zero-order valence-corrected chi connectivity index (χ0v) is 18.3. The molecule has 0 spiro atoms. The molecule has 4 rings (SSSR count). The van der Waals surface area contributed by atoms with E-state index in [1.807, 2.05) is 35.7 Å². The van der Waals surface area contributed by atoms with Crippen molar-refractivity contribution in [2.24, 2.45) is 0 Å². The standard InChI is InChI=1S/C23H22N2O4S2/c26-21(15-29-19-10-4-16(5-11-19)23-30-13-2-14-31-23)24-17-6-8-18(9-7-17)25-22(27)20-3-1-12-28-20/h1,3-12,23H,2,13-15H2,(H,24,26)(H,25,27). The Kier molecular flexibility index (Phi) is 7.22. The minimum Gasteiger partial charge on any atom is -0.484 e. The van der Waals surface area contributed by atoms with Crippen LogP contribution in [-0.4, -0.2) is 29.9 Å². The topological polar surface area (TPSA) is 80.6 Å². The van der Waals surface area contributed by atoms with Crippen LogP contribution in [0.5, 0.6) is 5.75 Å². The summed E-state index contributed by atoms with van der Waals surface area (Å²) in [5.74, 6) is 2.72. The first kappa shape index (κ1) is 21.4. The van der Waals surface area contributed by atoms with Gasteiger partial charge in [-0.15, -0.1) is 23.5 Å². The third kappa shape index (κ3) is 6.08. The lowest BCUT2D eigenvalue weighted by molar-refractivity contribution is -0.118. The molecule has 1 saturated heterocycles. The summed E-state index contributed by atoms with van der Waals surface area (Å²) in [5, 5.41) is 5.51. The van der Waals surface area contributed by atoms with Gasteiger partial charge >= 0.3 is 0 Å². The molecule has 2 amide bonds. The van der Waals surface area contributed by atoms with Crippen LogP contribution in [0.1, 0.15) is 27.1 Å². The molecule has 0 radical (unpaired) electrons. The zero-order chi connectivity index (χ0) is 21.5. The van der Waals surface area contributed by atoms with Crippen molar-refractivity contribution in [3.05, 3.63) is 78.3 Å². The van der Waals surface area contributed by atoms with Crippen LogP contribution in [0, 0.1) is 0 Å². The summed E-state index contributed by atoms with van der Waals surface area (Å²) in [5.41, 5.74) is 2.50. The highest BCUT2D eigenvalue weighted by Gasteiger charge is 2.16. The molecule has 0 unspecified atom stereocenters. The van der Waals surface area contributed by atoms with E-state index in [4.69, 9.17) is 9.15 Å². The van der Waals surface area contributed by atoms with Gasteiger partial charge in [0.1, 0.15) is 5.75 Å². The average molecular weight is 455 g/mol. The van der Waals surface area contributed by atoms with E-state index >= 15 is 0 Å². The fourth-order valence-corrected chi connectivity index (χ4v) is 5.88. The van der Waals surface area contributed by atoms with E-state index in [-0.39, 0.29) is 24.2 Å². The van der Waals surface area contributed by atoms with Crippen LogP contribution in [0.15, 0.2) is 71.3 Å². The van der Waals surface area contributed by atoms with E-state index in [0.717, 1.165) is 0 Å². The summed E-state index contributed by atoms with van der Waals surface area (Å²) < 4.78 is 11.2. The van der Waals surface area contributed by atoms with Gasteiger partial charge < -0.3 is 19.8 Å². The maximum absolute atomic E-state index is 12.2. The van der Waals surface area contributed by atoms with E-state index in [2.05, 4.69) is 22.8 Å². The van der Waals surface area contributed by atoms with E-state index in [1.165, 1.54) is 29.8 Å². The van der Waals surface area contributed by atoms with Crippen LogP contribution < -0.4 is 15.4 Å². The van der Waals surface area contributed by atoms with Crippen molar-refractivity contribution in [3.8, 4) is 5.75 Å². The summed E-state index contributed by atoms with van der Waals surface area (Å²) in [4.78, 5) is 24.2. The van der Waals surface area contributed by atoms with Crippen molar-refractivity contribution in [2.45, 2.75) is 11.0 Å². The first-order valence-electron chi connectivity index (χ1n) is 9.88. The number of carbonyl (C=O) groups excluding carboxylic acids is 2. The first-order chi connectivity index (χ1) is 15.2. The molecule has 1 aromatic heterocycles. The number of carbonyl (C=O) groups is 2. The molecule has 1 aliphatic rings. The Balaban J connectivity index is 1.23. The number of furan rings is 1. The third-order valence-corrected chi connectivity index (χ3v) is 7.54. The number of nitrogens with one attached hydrogen (secondary N) is 2. The molecule has 0 saturated carbocycles. The quantitative estimate of drug-likeness (QED) is 0.496. The lowest BCUT2D eigenvalue weighted by Gasteiger charge is -2.21. The van der Waals surface area contributed by atoms with Gasteiger partial charge in [-0.3, -0.25) is 9.59 Å². The van der Waals surface area contributed by atoms with Crippen LogP contribution in [-0.2, 0) is 4.79 Å². The summed E-state index contributed by atoms with van der Waals surface area (Å²) in [6, 6.07) is 18.0. The minimum atomic E-state index is -0.332.